The molecule has 0 amide bonds. The number of para-hydroxylation sites is 2. The SMILES string of the molecule is Cc1oc2ccc(-n3c4ccccc4c4ccccc43)cc2c1C. The van der Waals surface area contributed by atoms with Crippen LogP contribution in [-0.2, 0) is 0 Å². The van der Waals surface area contributed by atoms with Crippen LogP contribution in [0.1, 0.15) is 11.3 Å². The molecule has 2 nitrogen and oxygen atoms in total. The molecule has 0 N–H and O–H groups in total. The first-order valence-corrected chi connectivity index (χ1v) is 8.22. The van der Waals surface area contributed by atoms with E-state index in [1.807, 2.05) is 6.92 Å². The van der Waals surface area contributed by atoms with Crippen molar-refractivity contribution < 1.29 is 4.42 Å². The highest BCUT2D eigenvalue weighted by Gasteiger charge is 2.13. The summed E-state index contributed by atoms with van der Waals surface area (Å²) in [5, 5.41) is 3.76. The molecule has 116 valence electrons. The molecular weight excluding hydrogens is 294 g/mol. The van der Waals surface area contributed by atoms with E-state index in [4.69, 9.17) is 4.42 Å². The summed E-state index contributed by atoms with van der Waals surface area (Å²) >= 11 is 0. The van der Waals surface area contributed by atoms with Crippen LogP contribution in [0.25, 0.3) is 38.5 Å². The number of aryl methyl sites for hydroxylation is 2. The van der Waals surface area contributed by atoms with Crippen LogP contribution in [0.15, 0.2) is 71.1 Å². The van der Waals surface area contributed by atoms with E-state index in [0.717, 1.165) is 11.3 Å². The lowest BCUT2D eigenvalue weighted by Crippen LogP contribution is -1.93. The van der Waals surface area contributed by atoms with Gasteiger partial charge in [-0.1, -0.05) is 36.4 Å². The van der Waals surface area contributed by atoms with Crippen LogP contribution < -0.4 is 0 Å². The van der Waals surface area contributed by atoms with E-state index in [1.54, 1.807) is 0 Å². The average molecular weight is 311 g/mol. The topological polar surface area (TPSA) is 18.1 Å². The zero-order chi connectivity index (χ0) is 16.3. The molecule has 3 aromatic carbocycles. The minimum Gasteiger partial charge on any atom is -0.461 e. The Balaban J connectivity index is 1.93. The number of nitrogens with zero attached hydrogens (tertiary/aromatic N) is 1. The Kier molecular flexibility index (Phi) is 2.66. The van der Waals surface area contributed by atoms with Gasteiger partial charge in [0.05, 0.1) is 11.0 Å². The van der Waals surface area contributed by atoms with Crippen LogP contribution in [0.3, 0.4) is 0 Å². The highest BCUT2D eigenvalue weighted by atomic mass is 16.3. The monoisotopic (exact) mass is 311 g/mol. The van der Waals surface area contributed by atoms with Gasteiger partial charge in [0.2, 0.25) is 0 Å². The van der Waals surface area contributed by atoms with Crippen LogP contribution >= 0.6 is 0 Å². The second-order valence-electron chi connectivity index (χ2n) is 6.33. The first kappa shape index (κ1) is 13.4. The minimum atomic E-state index is 0.953. The summed E-state index contributed by atoms with van der Waals surface area (Å²) in [5.74, 6) is 0.990. The van der Waals surface area contributed by atoms with E-state index >= 15 is 0 Å². The second kappa shape index (κ2) is 4.75. The lowest BCUT2D eigenvalue weighted by atomic mass is 10.1. The number of rotatable bonds is 1. The molecule has 0 aliphatic carbocycles. The maximum absolute atomic E-state index is 5.84. The number of fused-ring (bicyclic) bond motifs is 4. The number of aromatic nitrogens is 1. The van der Waals surface area contributed by atoms with E-state index in [1.165, 1.54) is 38.4 Å². The number of benzene rings is 3. The summed E-state index contributed by atoms with van der Waals surface area (Å²) in [6.45, 7) is 4.15. The van der Waals surface area contributed by atoms with Gasteiger partial charge in [0, 0.05) is 21.8 Å². The smallest absolute Gasteiger partial charge is 0.134 e. The predicted molar refractivity (Wildman–Crippen MR) is 100 cm³/mol. The van der Waals surface area contributed by atoms with Gasteiger partial charge in [-0.05, 0) is 49.7 Å². The lowest BCUT2D eigenvalue weighted by Gasteiger charge is -2.08. The molecule has 0 atom stereocenters. The van der Waals surface area contributed by atoms with Crippen LogP contribution in [-0.4, -0.2) is 4.57 Å². The van der Waals surface area contributed by atoms with Crippen molar-refractivity contribution in [2.75, 3.05) is 0 Å². The van der Waals surface area contributed by atoms with E-state index in [2.05, 4.69) is 78.2 Å². The highest BCUT2D eigenvalue weighted by molar-refractivity contribution is 6.09. The molecule has 0 saturated carbocycles. The molecule has 0 spiro atoms. The first-order valence-electron chi connectivity index (χ1n) is 8.22. The maximum Gasteiger partial charge on any atom is 0.134 e. The first-order chi connectivity index (χ1) is 11.7. The summed E-state index contributed by atoms with van der Waals surface area (Å²) < 4.78 is 8.18. The fourth-order valence-corrected chi connectivity index (χ4v) is 3.67. The van der Waals surface area contributed by atoms with Gasteiger partial charge in [0.25, 0.3) is 0 Å². The number of hydrogen-bond donors (Lipinski definition) is 0. The number of hydrogen-bond acceptors (Lipinski definition) is 1. The largest absolute Gasteiger partial charge is 0.461 e. The van der Waals surface area contributed by atoms with Gasteiger partial charge < -0.3 is 8.98 Å². The zero-order valence-corrected chi connectivity index (χ0v) is 13.7. The molecule has 2 heterocycles. The lowest BCUT2D eigenvalue weighted by molar-refractivity contribution is 0.575. The van der Waals surface area contributed by atoms with Gasteiger partial charge in [0.1, 0.15) is 11.3 Å². The van der Waals surface area contributed by atoms with Crippen molar-refractivity contribution in [2.24, 2.45) is 0 Å². The van der Waals surface area contributed by atoms with Crippen molar-refractivity contribution >= 4 is 32.8 Å². The minimum absolute atomic E-state index is 0.953. The summed E-state index contributed by atoms with van der Waals surface area (Å²) in [6, 6.07) is 23.6. The molecule has 0 aliphatic rings. The van der Waals surface area contributed by atoms with Crippen molar-refractivity contribution in [3.8, 4) is 5.69 Å². The summed E-state index contributed by atoms with van der Waals surface area (Å²) in [7, 11) is 0. The molecule has 24 heavy (non-hydrogen) atoms. The quantitative estimate of drug-likeness (QED) is 0.363. The third-order valence-electron chi connectivity index (χ3n) is 5.00. The van der Waals surface area contributed by atoms with E-state index in [9.17, 15) is 0 Å². The van der Waals surface area contributed by atoms with Crippen molar-refractivity contribution in [2.45, 2.75) is 13.8 Å². The molecule has 2 heteroatoms. The van der Waals surface area contributed by atoms with Crippen LogP contribution in [0.5, 0.6) is 0 Å². The Labute approximate surface area is 139 Å². The summed E-state index contributed by atoms with van der Waals surface area (Å²) in [4.78, 5) is 0. The molecule has 2 aromatic heterocycles. The third kappa shape index (κ3) is 1.71. The normalized spacial score (nSPS) is 11.8. The molecule has 5 aromatic rings. The van der Waals surface area contributed by atoms with Crippen LogP contribution in [0.4, 0.5) is 0 Å². The molecular formula is C22H17NO. The fraction of sp³-hybridized carbons (Fsp3) is 0.0909. The second-order valence-corrected chi connectivity index (χ2v) is 6.33. The number of furan rings is 1. The van der Waals surface area contributed by atoms with E-state index in [0.29, 0.717) is 0 Å². The Hall–Kier alpha value is -3.00. The summed E-state index contributed by atoms with van der Waals surface area (Å²) in [6.07, 6.45) is 0. The van der Waals surface area contributed by atoms with Crippen molar-refractivity contribution in [1.29, 1.82) is 0 Å². The van der Waals surface area contributed by atoms with Gasteiger partial charge in [-0.25, -0.2) is 0 Å². The van der Waals surface area contributed by atoms with E-state index in [-0.39, 0.29) is 0 Å². The molecule has 0 unspecified atom stereocenters. The summed E-state index contributed by atoms with van der Waals surface area (Å²) in [5.41, 5.74) is 5.80. The molecule has 0 saturated heterocycles. The van der Waals surface area contributed by atoms with Gasteiger partial charge in [-0.2, -0.15) is 0 Å². The molecule has 0 radical (unpaired) electrons. The zero-order valence-electron chi connectivity index (χ0n) is 13.7. The molecule has 0 aliphatic heterocycles. The predicted octanol–water partition coefficient (Wildman–Crippen LogP) is 6.15. The fourth-order valence-electron chi connectivity index (χ4n) is 3.67. The molecule has 5 rings (SSSR count). The average Bonchev–Trinajstić information content (AvgIpc) is 3.10. The third-order valence-corrected chi connectivity index (χ3v) is 5.00. The van der Waals surface area contributed by atoms with E-state index < -0.39 is 0 Å². The molecule has 0 fully saturated rings. The Bertz CT molecular complexity index is 1170. The Morgan fingerprint density at radius 2 is 1.33 bits per heavy atom. The highest BCUT2D eigenvalue weighted by Crippen LogP contribution is 2.34. The van der Waals surface area contributed by atoms with Crippen molar-refractivity contribution in [3.63, 3.8) is 0 Å². The van der Waals surface area contributed by atoms with Crippen molar-refractivity contribution in [1.82, 2.24) is 4.57 Å². The Morgan fingerprint density at radius 3 is 2.00 bits per heavy atom. The van der Waals surface area contributed by atoms with Crippen LogP contribution in [0.2, 0.25) is 0 Å². The van der Waals surface area contributed by atoms with Crippen molar-refractivity contribution in [3.05, 3.63) is 78.1 Å². The Morgan fingerprint density at radius 1 is 0.708 bits per heavy atom. The maximum atomic E-state index is 5.84. The van der Waals surface area contributed by atoms with Crippen LogP contribution in [0, 0.1) is 13.8 Å². The standard InChI is InChI=1S/C22H17NO/c1-14-15(2)24-22-12-11-16(13-19(14)22)23-20-9-5-3-7-17(20)18-8-4-6-10-21(18)23/h3-13H,1-2H3. The van der Waals surface area contributed by atoms with Gasteiger partial charge in [0.15, 0.2) is 0 Å². The molecule has 0 bridgehead atoms. The van der Waals surface area contributed by atoms with Gasteiger partial charge >= 0.3 is 0 Å². The van der Waals surface area contributed by atoms with Gasteiger partial charge in [-0.3, -0.25) is 0 Å². The van der Waals surface area contributed by atoms with Gasteiger partial charge in [-0.15, -0.1) is 0 Å².